The molecule has 0 radical (unpaired) electrons. The summed E-state index contributed by atoms with van der Waals surface area (Å²) in [6.07, 6.45) is 4.31. The van der Waals surface area contributed by atoms with E-state index in [2.05, 4.69) is 5.32 Å². The van der Waals surface area contributed by atoms with Crippen molar-refractivity contribution in [1.29, 1.82) is 5.26 Å². The highest BCUT2D eigenvalue weighted by Crippen LogP contribution is 2.29. The molecule has 0 heterocycles. The molecule has 0 aromatic heterocycles. The maximum atomic E-state index is 12.4. The van der Waals surface area contributed by atoms with Gasteiger partial charge >= 0.3 is 0 Å². The van der Waals surface area contributed by atoms with Crippen molar-refractivity contribution in [3.8, 4) is 6.07 Å². The summed E-state index contributed by atoms with van der Waals surface area (Å²) in [7, 11) is 0. The molecule has 3 nitrogen and oxygen atoms in total. The predicted molar refractivity (Wildman–Crippen MR) is 82.7 cm³/mol. The lowest BCUT2D eigenvalue weighted by molar-refractivity contribution is 0.103. The zero-order valence-corrected chi connectivity index (χ0v) is 12.7. The van der Waals surface area contributed by atoms with Gasteiger partial charge in [0.1, 0.15) is 11.6 Å². The predicted octanol–water partition coefficient (Wildman–Crippen LogP) is 3.62. The Morgan fingerprint density at radius 1 is 1.45 bits per heavy atom. The Labute approximate surface area is 128 Å². The van der Waals surface area contributed by atoms with E-state index in [9.17, 15) is 10.1 Å². The lowest BCUT2D eigenvalue weighted by Gasteiger charge is -2.10. The van der Waals surface area contributed by atoms with E-state index in [1.807, 2.05) is 12.3 Å². The van der Waals surface area contributed by atoms with Gasteiger partial charge in [-0.15, -0.1) is 11.8 Å². The Balaban J connectivity index is 2.21. The Morgan fingerprint density at radius 3 is 2.60 bits per heavy atom. The highest BCUT2D eigenvalue weighted by atomic mass is 35.5. The van der Waals surface area contributed by atoms with Crippen LogP contribution in [0.15, 0.2) is 34.9 Å². The SMILES string of the molecule is CSC(NCC1CC1)=C(C#N)C(=O)c1ccc(Cl)cc1. The van der Waals surface area contributed by atoms with Gasteiger partial charge in [0.25, 0.3) is 0 Å². The van der Waals surface area contributed by atoms with E-state index in [0.717, 1.165) is 6.54 Å². The number of benzene rings is 1. The number of Topliss-reactive ketones (excluding diaryl/α,β-unsaturated/α-hetero) is 1. The number of carbonyl (C=O) groups is 1. The third kappa shape index (κ3) is 3.78. The molecule has 1 aromatic carbocycles. The quantitative estimate of drug-likeness (QED) is 0.495. The maximum Gasteiger partial charge on any atom is 0.206 e. The number of nitriles is 1. The van der Waals surface area contributed by atoms with Crippen LogP contribution < -0.4 is 5.32 Å². The van der Waals surface area contributed by atoms with Crippen LogP contribution in [0, 0.1) is 17.2 Å². The van der Waals surface area contributed by atoms with Crippen LogP contribution in [0.25, 0.3) is 0 Å². The first-order chi connectivity index (χ1) is 9.65. The molecule has 0 amide bonds. The Morgan fingerprint density at radius 2 is 2.10 bits per heavy atom. The molecular weight excluding hydrogens is 292 g/mol. The second-order valence-corrected chi connectivity index (χ2v) is 5.93. The van der Waals surface area contributed by atoms with Crippen LogP contribution in [0.1, 0.15) is 23.2 Å². The van der Waals surface area contributed by atoms with E-state index in [1.165, 1.54) is 24.6 Å². The van der Waals surface area contributed by atoms with Gasteiger partial charge in [-0.2, -0.15) is 5.26 Å². The average molecular weight is 307 g/mol. The number of hydrogen-bond donors (Lipinski definition) is 1. The highest BCUT2D eigenvalue weighted by molar-refractivity contribution is 8.02. The molecule has 5 heteroatoms. The summed E-state index contributed by atoms with van der Waals surface area (Å²) in [5.41, 5.74) is 0.645. The standard InChI is InChI=1S/C15H15ClN2OS/c1-20-15(18-9-10-2-3-10)13(8-17)14(19)11-4-6-12(16)7-5-11/h4-7,10,18H,2-3,9H2,1H3. The third-order valence-electron chi connectivity index (χ3n) is 3.12. The van der Waals surface area contributed by atoms with Crippen molar-refractivity contribution in [3.05, 3.63) is 45.5 Å². The smallest absolute Gasteiger partial charge is 0.206 e. The van der Waals surface area contributed by atoms with Crippen LogP contribution in [0.3, 0.4) is 0 Å². The van der Waals surface area contributed by atoms with E-state index in [0.29, 0.717) is 21.5 Å². The molecule has 1 saturated carbocycles. The van der Waals surface area contributed by atoms with Gasteiger partial charge in [0.2, 0.25) is 5.78 Å². The number of nitrogens with zero attached hydrogens (tertiary/aromatic N) is 1. The van der Waals surface area contributed by atoms with Gasteiger partial charge in [-0.05, 0) is 49.3 Å². The molecule has 0 unspecified atom stereocenters. The summed E-state index contributed by atoms with van der Waals surface area (Å²) in [5.74, 6) is 0.416. The zero-order chi connectivity index (χ0) is 14.5. The normalized spacial score (nSPS) is 15.2. The van der Waals surface area contributed by atoms with Crippen LogP contribution in [0.4, 0.5) is 0 Å². The van der Waals surface area contributed by atoms with Gasteiger partial charge in [0.15, 0.2) is 0 Å². The van der Waals surface area contributed by atoms with E-state index in [-0.39, 0.29) is 11.4 Å². The monoisotopic (exact) mass is 306 g/mol. The van der Waals surface area contributed by atoms with Crippen LogP contribution in [0.5, 0.6) is 0 Å². The fourth-order valence-electron chi connectivity index (χ4n) is 1.77. The van der Waals surface area contributed by atoms with E-state index in [1.54, 1.807) is 24.3 Å². The number of allylic oxidation sites excluding steroid dienone is 1. The second-order valence-electron chi connectivity index (χ2n) is 4.68. The summed E-state index contributed by atoms with van der Waals surface area (Å²) in [4.78, 5) is 12.4. The summed E-state index contributed by atoms with van der Waals surface area (Å²) < 4.78 is 0. The van der Waals surface area contributed by atoms with Crippen molar-refractivity contribution in [2.75, 3.05) is 12.8 Å². The first-order valence-electron chi connectivity index (χ1n) is 6.38. The Hall–Kier alpha value is -1.44. The van der Waals surface area contributed by atoms with Gasteiger partial charge in [-0.3, -0.25) is 4.79 Å². The van der Waals surface area contributed by atoms with Crippen LogP contribution in [-0.2, 0) is 0 Å². The summed E-state index contributed by atoms with van der Waals surface area (Å²) in [6.45, 7) is 0.829. The van der Waals surface area contributed by atoms with E-state index < -0.39 is 0 Å². The van der Waals surface area contributed by atoms with Crippen molar-refractivity contribution in [1.82, 2.24) is 5.32 Å². The van der Waals surface area contributed by atoms with Crippen molar-refractivity contribution >= 4 is 29.1 Å². The molecule has 0 atom stereocenters. The molecule has 2 rings (SSSR count). The molecule has 1 aromatic rings. The fraction of sp³-hybridized carbons (Fsp3) is 0.333. The third-order valence-corrected chi connectivity index (χ3v) is 4.13. The molecule has 104 valence electrons. The number of thioether (sulfide) groups is 1. The van der Waals surface area contributed by atoms with Gasteiger partial charge in [-0.25, -0.2) is 0 Å². The summed E-state index contributed by atoms with van der Waals surface area (Å²) in [5, 5.41) is 13.7. The molecular formula is C15H15ClN2OS. The van der Waals surface area contributed by atoms with Gasteiger partial charge < -0.3 is 5.32 Å². The first kappa shape index (κ1) is 15.0. The number of ketones is 1. The molecule has 1 aliphatic carbocycles. The fourth-order valence-corrected chi connectivity index (χ4v) is 2.47. The lowest BCUT2D eigenvalue weighted by Crippen LogP contribution is -2.18. The number of rotatable bonds is 6. The highest BCUT2D eigenvalue weighted by Gasteiger charge is 2.23. The minimum absolute atomic E-state index is 0.167. The van der Waals surface area contributed by atoms with E-state index in [4.69, 9.17) is 11.6 Å². The first-order valence-corrected chi connectivity index (χ1v) is 7.98. The Kier molecular flexibility index (Phi) is 5.11. The van der Waals surface area contributed by atoms with Crippen molar-refractivity contribution in [2.24, 2.45) is 5.92 Å². The van der Waals surface area contributed by atoms with Crippen molar-refractivity contribution < 1.29 is 4.79 Å². The average Bonchev–Trinajstić information content (AvgIpc) is 3.27. The molecule has 20 heavy (non-hydrogen) atoms. The summed E-state index contributed by atoms with van der Waals surface area (Å²) >= 11 is 7.20. The molecule has 1 aliphatic rings. The number of halogens is 1. The minimum atomic E-state index is -0.267. The maximum absolute atomic E-state index is 12.4. The molecule has 0 aliphatic heterocycles. The molecule has 1 fully saturated rings. The zero-order valence-electron chi connectivity index (χ0n) is 11.1. The Bertz CT molecular complexity index is 571. The molecule has 0 spiro atoms. The molecule has 0 saturated heterocycles. The lowest BCUT2D eigenvalue weighted by atomic mass is 10.1. The number of carbonyl (C=O) groups excluding carboxylic acids is 1. The minimum Gasteiger partial charge on any atom is -0.378 e. The molecule has 0 bridgehead atoms. The largest absolute Gasteiger partial charge is 0.378 e. The number of hydrogen-bond acceptors (Lipinski definition) is 4. The van der Waals surface area contributed by atoms with Crippen molar-refractivity contribution in [3.63, 3.8) is 0 Å². The van der Waals surface area contributed by atoms with Gasteiger partial charge in [-0.1, -0.05) is 11.6 Å². The van der Waals surface area contributed by atoms with Gasteiger partial charge in [0, 0.05) is 17.1 Å². The van der Waals surface area contributed by atoms with Gasteiger partial charge in [0.05, 0.1) is 5.03 Å². The van der Waals surface area contributed by atoms with Crippen LogP contribution >= 0.6 is 23.4 Å². The second kappa shape index (κ2) is 6.83. The van der Waals surface area contributed by atoms with Crippen molar-refractivity contribution in [2.45, 2.75) is 12.8 Å². The van der Waals surface area contributed by atoms with E-state index >= 15 is 0 Å². The number of nitrogens with one attached hydrogen (secondary N) is 1. The topological polar surface area (TPSA) is 52.9 Å². The van der Waals surface area contributed by atoms with Crippen LogP contribution in [-0.4, -0.2) is 18.6 Å². The summed E-state index contributed by atoms with van der Waals surface area (Å²) in [6, 6.07) is 8.61. The van der Waals surface area contributed by atoms with Crippen LogP contribution in [0.2, 0.25) is 5.02 Å². The molecule has 1 N–H and O–H groups in total.